The second kappa shape index (κ2) is 12.8. The van der Waals surface area contributed by atoms with Crippen LogP contribution in [0.5, 0.6) is 0 Å². The summed E-state index contributed by atoms with van der Waals surface area (Å²) >= 11 is 0. The lowest BCUT2D eigenvalue weighted by atomic mass is 9.62. The van der Waals surface area contributed by atoms with E-state index in [9.17, 15) is 9.59 Å². The van der Waals surface area contributed by atoms with Gasteiger partial charge in [0.05, 0.1) is 0 Å². The van der Waals surface area contributed by atoms with Crippen LogP contribution < -0.4 is 0 Å². The van der Waals surface area contributed by atoms with Gasteiger partial charge in [0.1, 0.15) is 11.6 Å². The minimum absolute atomic E-state index is 0.0693. The van der Waals surface area contributed by atoms with E-state index in [1.54, 1.807) is 0 Å². The number of fused-ring (bicyclic) bond motifs is 2. The lowest BCUT2D eigenvalue weighted by Gasteiger charge is -2.40. The van der Waals surface area contributed by atoms with Gasteiger partial charge in [-0.05, 0) is 56.8 Å². The Labute approximate surface area is 186 Å². The summed E-state index contributed by atoms with van der Waals surface area (Å²) in [7, 11) is 0. The molecule has 0 unspecified atom stereocenters. The first-order valence-corrected chi connectivity index (χ1v) is 13.1. The Kier molecular flexibility index (Phi) is 10.8. The van der Waals surface area contributed by atoms with Gasteiger partial charge in [-0.2, -0.15) is 0 Å². The Morgan fingerprint density at radius 2 is 1.13 bits per heavy atom. The molecule has 0 aromatic heterocycles. The molecule has 2 rings (SSSR count). The Morgan fingerprint density at radius 3 is 1.70 bits per heavy atom. The Balaban J connectivity index is 1.91. The second-order valence-corrected chi connectivity index (χ2v) is 10.8. The fraction of sp³-hybridized carbons (Fsp3) is 0.857. The first-order chi connectivity index (χ1) is 14.4. The van der Waals surface area contributed by atoms with Crippen LogP contribution in [0.1, 0.15) is 136 Å². The number of ketones is 2. The Morgan fingerprint density at radius 1 is 0.667 bits per heavy atom. The normalized spacial score (nSPS) is 32.6. The van der Waals surface area contributed by atoms with Crippen LogP contribution in [-0.4, -0.2) is 11.6 Å². The van der Waals surface area contributed by atoms with Crippen LogP contribution in [-0.2, 0) is 9.59 Å². The summed E-state index contributed by atoms with van der Waals surface area (Å²) in [6.45, 7) is 6.53. The number of Topliss-reactive ketones (excluding diaryl/α,β-unsaturated/α-hetero) is 2. The highest BCUT2D eigenvalue weighted by atomic mass is 16.1. The average molecular weight is 417 g/mol. The molecule has 0 heterocycles. The van der Waals surface area contributed by atoms with E-state index >= 15 is 0 Å². The molecule has 1 saturated carbocycles. The molecule has 2 bridgehead atoms. The van der Waals surface area contributed by atoms with Crippen LogP contribution in [0.25, 0.3) is 0 Å². The molecule has 172 valence electrons. The summed E-state index contributed by atoms with van der Waals surface area (Å²) in [6.07, 6.45) is 25.1. The van der Waals surface area contributed by atoms with E-state index < -0.39 is 0 Å². The summed E-state index contributed by atoms with van der Waals surface area (Å²) < 4.78 is 0. The Bertz CT molecular complexity index is 559. The first-order valence-electron chi connectivity index (χ1n) is 13.1. The van der Waals surface area contributed by atoms with Crippen molar-refractivity contribution in [3.63, 3.8) is 0 Å². The van der Waals surface area contributed by atoms with E-state index in [0.29, 0.717) is 24.4 Å². The van der Waals surface area contributed by atoms with Gasteiger partial charge >= 0.3 is 0 Å². The van der Waals surface area contributed by atoms with Gasteiger partial charge in [-0.15, -0.1) is 0 Å². The zero-order valence-electron chi connectivity index (χ0n) is 20.3. The summed E-state index contributed by atoms with van der Waals surface area (Å²) in [6, 6.07) is 0. The minimum Gasteiger partial charge on any atom is -0.299 e. The van der Waals surface area contributed by atoms with Crippen molar-refractivity contribution in [2.75, 3.05) is 0 Å². The largest absolute Gasteiger partial charge is 0.299 e. The third-order valence-electron chi connectivity index (χ3n) is 8.47. The topological polar surface area (TPSA) is 34.1 Å². The van der Waals surface area contributed by atoms with Gasteiger partial charge in [0.25, 0.3) is 0 Å². The van der Waals surface area contributed by atoms with E-state index in [4.69, 9.17) is 0 Å². The van der Waals surface area contributed by atoms with Crippen molar-refractivity contribution in [2.24, 2.45) is 16.7 Å². The van der Waals surface area contributed by atoms with Crippen molar-refractivity contribution in [1.29, 1.82) is 0 Å². The van der Waals surface area contributed by atoms with Crippen LogP contribution in [0, 0.1) is 16.7 Å². The zero-order chi connectivity index (χ0) is 21.9. The molecule has 2 atom stereocenters. The van der Waals surface area contributed by atoms with E-state index in [2.05, 4.69) is 32.9 Å². The van der Waals surface area contributed by atoms with Gasteiger partial charge in [-0.3, -0.25) is 9.59 Å². The predicted octanol–water partition coefficient (Wildman–Crippen LogP) is 8.38. The molecule has 2 aliphatic rings. The molecule has 0 aromatic carbocycles. The first kappa shape index (κ1) is 25.3. The minimum atomic E-state index is -0.324. The number of rotatable bonds is 0. The smallest absolute Gasteiger partial charge is 0.139 e. The van der Waals surface area contributed by atoms with E-state index in [1.165, 1.54) is 77.0 Å². The summed E-state index contributed by atoms with van der Waals surface area (Å²) in [4.78, 5) is 26.2. The highest BCUT2D eigenvalue weighted by molar-refractivity contribution is 5.89. The number of hydrogen-bond acceptors (Lipinski definition) is 2. The maximum Gasteiger partial charge on any atom is 0.139 e. The van der Waals surface area contributed by atoms with Crippen LogP contribution >= 0.6 is 0 Å². The fourth-order valence-corrected chi connectivity index (χ4v) is 5.77. The molecule has 0 aliphatic heterocycles. The molecule has 0 spiro atoms. The van der Waals surface area contributed by atoms with Gasteiger partial charge in [0, 0.05) is 24.2 Å². The second-order valence-electron chi connectivity index (χ2n) is 10.8. The van der Waals surface area contributed by atoms with Crippen LogP contribution in [0.4, 0.5) is 0 Å². The van der Waals surface area contributed by atoms with Crippen LogP contribution in [0.2, 0.25) is 0 Å². The summed E-state index contributed by atoms with van der Waals surface area (Å²) in [5, 5.41) is 0. The van der Waals surface area contributed by atoms with Crippen molar-refractivity contribution < 1.29 is 9.59 Å². The van der Waals surface area contributed by atoms with Gasteiger partial charge < -0.3 is 0 Å². The summed E-state index contributed by atoms with van der Waals surface area (Å²) in [5.41, 5.74) is -0.529. The van der Waals surface area contributed by atoms with Gasteiger partial charge in [-0.25, -0.2) is 0 Å². The molecule has 2 heteroatoms. The third kappa shape index (κ3) is 7.06. The lowest BCUT2D eigenvalue weighted by Crippen LogP contribution is -2.42. The molecule has 2 aliphatic carbocycles. The molecule has 0 aromatic rings. The average Bonchev–Trinajstić information content (AvgIpc) is 2.96. The van der Waals surface area contributed by atoms with Crippen molar-refractivity contribution in [3.8, 4) is 0 Å². The molecule has 30 heavy (non-hydrogen) atoms. The maximum atomic E-state index is 13.2. The molecule has 1 fully saturated rings. The summed E-state index contributed by atoms with van der Waals surface area (Å²) in [5.74, 6) is 0.895. The number of hydrogen-bond donors (Lipinski definition) is 0. The van der Waals surface area contributed by atoms with Gasteiger partial charge in [0.15, 0.2) is 0 Å². The molecule has 0 radical (unpaired) electrons. The molecule has 0 amide bonds. The SMILES string of the molecule is CC1(C)[C@@H]2CC[C@@]1(C)C(=O)CCCCCCCC/C=C/CCCCCCCCC2=O. The highest BCUT2D eigenvalue weighted by Gasteiger charge is 2.56. The van der Waals surface area contributed by atoms with E-state index in [1.807, 2.05) is 0 Å². The number of carbonyl (C=O) groups excluding carboxylic acids is 2. The highest BCUT2D eigenvalue weighted by Crippen LogP contribution is 2.57. The van der Waals surface area contributed by atoms with Crippen LogP contribution in [0.3, 0.4) is 0 Å². The molecule has 2 nitrogen and oxygen atoms in total. The predicted molar refractivity (Wildman–Crippen MR) is 128 cm³/mol. The van der Waals surface area contributed by atoms with Gasteiger partial charge in [-0.1, -0.05) is 84.3 Å². The van der Waals surface area contributed by atoms with Crippen molar-refractivity contribution >= 4 is 11.6 Å². The Hall–Kier alpha value is -0.920. The number of allylic oxidation sites excluding steroid dienone is 2. The molecular weight excluding hydrogens is 368 g/mol. The monoisotopic (exact) mass is 416 g/mol. The van der Waals surface area contributed by atoms with Crippen molar-refractivity contribution in [2.45, 2.75) is 136 Å². The zero-order valence-corrected chi connectivity index (χ0v) is 20.3. The third-order valence-corrected chi connectivity index (χ3v) is 8.47. The van der Waals surface area contributed by atoms with Gasteiger partial charge in [0.2, 0.25) is 0 Å². The lowest BCUT2D eigenvalue weighted by molar-refractivity contribution is -0.136. The van der Waals surface area contributed by atoms with Crippen molar-refractivity contribution in [3.05, 3.63) is 12.2 Å². The molecule has 0 N–H and O–H groups in total. The molecular formula is C28H48O2. The van der Waals surface area contributed by atoms with Crippen molar-refractivity contribution in [1.82, 2.24) is 0 Å². The van der Waals surface area contributed by atoms with E-state index in [-0.39, 0.29) is 16.7 Å². The maximum absolute atomic E-state index is 13.2. The fourth-order valence-electron chi connectivity index (χ4n) is 5.77. The molecule has 0 saturated heterocycles. The quantitative estimate of drug-likeness (QED) is 0.372. The van der Waals surface area contributed by atoms with Crippen LogP contribution in [0.15, 0.2) is 12.2 Å². The number of carbonyl (C=O) groups is 2. The van der Waals surface area contributed by atoms with E-state index in [0.717, 1.165) is 25.7 Å². The standard InChI is InChI=1S/C28H48O2/c1-27(2)24-22-23-28(27,3)26(30)21-19-17-15-13-11-9-7-5-4-6-8-10-12-14-16-18-20-25(24)29/h4-5,24H,6-23H2,1-3H3/b5-4+/t24-,28+/m1/s1.